The van der Waals surface area contributed by atoms with Crippen LogP contribution in [-0.2, 0) is 0 Å². The SMILES string of the molecule is Cc1ccc(N/N=N\CCSSc2ccccc2)cc1. The minimum Gasteiger partial charge on any atom is -0.260 e. The lowest BCUT2D eigenvalue weighted by Crippen LogP contribution is -1.88. The van der Waals surface area contributed by atoms with Gasteiger partial charge < -0.3 is 0 Å². The fourth-order valence-electron chi connectivity index (χ4n) is 1.44. The Hall–Kier alpha value is -1.46. The Kier molecular flexibility index (Phi) is 6.47. The summed E-state index contributed by atoms with van der Waals surface area (Å²) in [6.45, 7) is 2.77. The molecule has 0 unspecified atom stereocenters. The highest BCUT2D eigenvalue weighted by Crippen LogP contribution is 2.30. The summed E-state index contributed by atoms with van der Waals surface area (Å²) in [5, 5.41) is 8.07. The molecule has 2 aromatic carbocycles. The van der Waals surface area contributed by atoms with Crippen molar-refractivity contribution in [2.24, 2.45) is 10.3 Å². The molecule has 104 valence electrons. The minimum atomic E-state index is 0.712. The lowest BCUT2D eigenvalue weighted by Gasteiger charge is -2.00. The average Bonchev–Trinajstić information content (AvgIpc) is 2.49. The number of rotatable bonds is 7. The van der Waals surface area contributed by atoms with Crippen molar-refractivity contribution >= 4 is 27.3 Å². The maximum Gasteiger partial charge on any atom is 0.0719 e. The van der Waals surface area contributed by atoms with Crippen LogP contribution >= 0.6 is 21.6 Å². The van der Waals surface area contributed by atoms with Crippen LogP contribution in [0.2, 0.25) is 0 Å². The van der Waals surface area contributed by atoms with Crippen LogP contribution in [-0.4, -0.2) is 12.3 Å². The molecule has 0 amide bonds. The predicted molar refractivity (Wildman–Crippen MR) is 89.3 cm³/mol. The molecule has 0 spiro atoms. The summed E-state index contributed by atoms with van der Waals surface area (Å²) in [7, 11) is 3.56. The van der Waals surface area contributed by atoms with E-state index in [2.05, 4.69) is 34.8 Å². The molecule has 0 aromatic heterocycles. The fraction of sp³-hybridized carbons (Fsp3) is 0.200. The number of nitrogens with zero attached hydrogens (tertiary/aromatic N) is 2. The van der Waals surface area contributed by atoms with Gasteiger partial charge in [-0.15, -0.1) is 0 Å². The highest BCUT2D eigenvalue weighted by molar-refractivity contribution is 8.76. The molecule has 0 radical (unpaired) electrons. The molecule has 1 N–H and O–H groups in total. The lowest BCUT2D eigenvalue weighted by molar-refractivity contribution is 0.973. The minimum absolute atomic E-state index is 0.712. The molecule has 2 rings (SSSR count). The second kappa shape index (κ2) is 8.66. The van der Waals surface area contributed by atoms with Crippen molar-refractivity contribution in [1.29, 1.82) is 0 Å². The van der Waals surface area contributed by atoms with E-state index in [1.807, 2.05) is 42.5 Å². The Balaban J connectivity index is 1.59. The smallest absolute Gasteiger partial charge is 0.0719 e. The van der Waals surface area contributed by atoms with Crippen LogP contribution < -0.4 is 5.43 Å². The van der Waals surface area contributed by atoms with Crippen LogP contribution in [0.15, 0.2) is 69.8 Å². The van der Waals surface area contributed by atoms with Crippen molar-refractivity contribution in [3.63, 3.8) is 0 Å². The van der Waals surface area contributed by atoms with E-state index < -0.39 is 0 Å². The number of hydrogen-bond acceptors (Lipinski definition) is 4. The molecule has 0 aliphatic carbocycles. The quantitative estimate of drug-likeness (QED) is 0.330. The molecule has 0 saturated heterocycles. The van der Waals surface area contributed by atoms with Crippen molar-refractivity contribution < 1.29 is 0 Å². The van der Waals surface area contributed by atoms with Crippen molar-refractivity contribution in [1.82, 2.24) is 0 Å². The number of benzene rings is 2. The monoisotopic (exact) mass is 303 g/mol. The Morgan fingerprint density at radius 2 is 1.75 bits per heavy atom. The van der Waals surface area contributed by atoms with E-state index in [-0.39, 0.29) is 0 Å². The molecule has 5 heteroatoms. The van der Waals surface area contributed by atoms with Gasteiger partial charge in [0.2, 0.25) is 0 Å². The van der Waals surface area contributed by atoms with E-state index in [1.165, 1.54) is 10.5 Å². The molecule has 2 aromatic rings. The summed E-state index contributed by atoms with van der Waals surface area (Å²) in [5.41, 5.74) is 5.12. The third-order valence-electron chi connectivity index (χ3n) is 2.47. The van der Waals surface area contributed by atoms with E-state index in [1.54, 1.807) is 21.6 Å². The maximum atomic E-state index is 4.10. The molecule has 0 aliphatic rings. The Bertz CT molecular complexity index is 527. The normalized spacial score (nSPS) is 10.8. The van der Waals surface area contributed by atoms with Crippen LogP contribution in [0.4, 0.5) is 5.69 Å². The first-order valence-electron chi connectivity index (χ1n) is 6.38. The van der Waals surface area contributed by atoms with Crippen molar-refractivity contribution in [3.05, 3.63) is 60.2 Å². The van der Waals surface area contributed by atoms with Crippen molar-refractivity contribution in [3.8, 4) is 0 Å². The molecular formula is C15H17N3S2. The van der Waals surface area contributed by atoms with Gasteiger partial charge in [-0.2, -0.15) is 5.11 Å². The zero-order valence-electron chi connectivity index (χ0n) is 11.3. The number of aryl methyl sites for hydroxylation is 1. The van der Waals surface area contributed by atoms with Gasteiger partial charge in [0.15, 0.2) is 0 Å². The Morgan fingerprint density at radius 1 is 1.00 bits per heavy atom. The highest BCUT2D eigenvalue weighted by atomic mass is 33.1. The molecular weight excluding hydrogens is 286 g/mol. The first-order chi connectivity index (χ1) is 9.84. The first kappa shape index (κ1) is 14.9. The summed E-state index contributed by atoms with van der Waals surface area (Å²) in [6.07, 6.45) is 0. The van der Waals surface area contributed by atoms with Gasteiger partial charge in [0.1, 0.15) is 0 Å². The molecule has 0 heterocycles. The van der Waals surface area contributed by atoms with Crippen LogP contribution in [0.1, 0.15) is 5.56 Å². The van der Waals surface area contributed by atoms with Crippen molar-refractivity contribution in [2.45, 2.75) is 11.8 Å². The fourth-order valence-corrected chi connectivity index (χ4v) is 3.29. The standard InChI is InChI=1S/C15H17N3S2/c1-13-7-9-14(10-8-13)17-18-16-11-12-19-20-15-5-3-2-4-6-15/h2-10H,11-12H2,1H3,(H,16,17). The zero-order valence-corrected chi connectivity index (χ0v) is 13.0. The summed E-state index contributed by atoms with van der Waals surface area (Å²) in [6, 6.07) is 18.4. The third-order valence-corrected chi connectivity index (χ3v) is 4.84. The molecule has 0 aliphatic heterocycles. The van der Waals surface area contributed by atoms with Gasteiger partial charge in [0, 0.05) is 10.6 Å². The van der Waals surface area contributed by atoms with E-state index >= 15 is 0 Å². The van der Waals surface area contributed by atoms with Gasteiger partial charge in [0.25, 0.3) is 0 Å². The van der Waals surface area contributed by atoms with Gasteiger partial charge in [-0.1, -0.05) is 62.7 Å². The average molecular weight is 303 g/mol. The van der Waals surface area contributed by atoms with Crippen LogP contribution in [0, 0.1) is 6.92 Å². The second-order valence-electron chi connectivity index (χ2n) is 4.16. The summed E-state index contributed by atoms with van der Waals surface area (Å²) < 4.78 is 0. The molecule has 0 atom stereocenters. The molecule has 0 saturated carbocycles. The largest absolute Gasteiger partial charge is 0.260 e. The van der Waals surface area contributed by atoms with E-state index in [4.69, 9.17) is 0 Å². The maximum absolute atomic E-state index is 4.10. The summed E-state index contributed by atoms with van der Waals surface area (Å²) >= 11 is 0. The van der Waals surface area contributed by atoms with Gasteiger partial charge in [0.05, 0.1) is 12.2 Å². The Labute approximate surface area is 127 Å². The number of nitrogens with one attached hydrogen (secondary N) is 1. The number of anilines is 1. The summed E-state index contributed by atoms with van der Waals surface area (Å²) in [4.78, 5) is 1.27. The lowest BCUT2D eigenvalue weighted by atomic mass is 10.2. The summed E-state index contributed by atoms with van der Waals surface area (Å²) in [5.74, 6) is 0.943. The zero-order chi connectivity index (χ0) is 14.0. The van der Waals surface area contributed by atoms with Crippen molar-refractivity contribution in [2.75, 3.05) is 17.7 Å². The molecule has 0 bridgehead atoms. The first-order valence-corrected chi connectivity index (χ1v) is 8.70. The van der Waals surface area contributed by atoms with E-state index in [0.717, 1.165) is 11.4 Å². The van der Waals surface area contributed by atoms with E-state index in [0.29, 0.717) is 6.54 Å². The van der Waals surface area contributed by atoms with Gasteiger partial charge in [-0.05, 0) is 31.2 Å². The second-order valence-corrected chi connectivity index (χ2v) is 6.65. The van der Waals surface area contributed by atoms with Gasteiger partial charge in [-0.25, -0.2) is 0 Å². The van der Waals surface area contributed by atoms with Gasteiger partial charge >= 0.3 is 0 Å². The third kappa shape index (κ3) is 5.67. The topological polar surface area (TPSA) is 36.8 Å². The molecule has 3 nitrogen and oxygen atoms in total. The number of hydrogen-bond donors (Lipinski definition) is 1. The van der Waals surface area contributed by atoms with Crippen LogP contribution in [0.3, 0.4) is 0 Å². The van der Waals surface area contributed by atoms with Crippen LogP contribution in [0.25, 0.3) is 0 Å². The van der Waals surface area contributed by atoms with E-state index in [9.17, 15) is 0 Å². The van der Waals surface area contributed by atoms with Crippen LogP contribution in [0.5, 0.6) is 0 Å². The molecule has 20 heavy (non-hydrogen) atoms. The Morgan fingerprint density at radius 3 is 2.50 bits per heavy atom. The van der Waals surface area contributed by atoms with Gasteiger partial charge in [-0.3, -0.25) is 5.43 Å². The molecule has 0 fully saturated rings. The highest BCUT2D eigenvalue weighted by Gasteiger charge is 1.93. The predicted octanol–water partition coefficient (Wildman–Crippen LogP) is 5.21.